The quantitative estimate of drug-likeness (QED) is 0.720. The van der Waals surface area contributed by atoms with E-state index in [9.17, 15) is 4.79 Å². The molecular weight excluding hydrogens is 330 g/mol. The molecule has 0 saturated heterocycles. The Morgan fingerprint density at radius 1 is 1.17 bits per heavy atom. The zero-order valence-corrected chi connectivity index (χ0v) is 14.2. The predicted molar refractivity (Wildman–Crippen MR) is 95.3 cm³/mol. The summed E-state index contributed by atoms with van der Waals surface area (Å²) in [5, 5.41) is 7.41. The zero-order valence-electron chi connectivity index (χ0n) is 12.6. The third-order valence-electron chi connectivity index (χ3n) is 3.54. The van der Waals surface area contributed by atoms with Crippen molar-refractivity contribution in [3.05, 3.63) is 63.8 Å². The van der Waals surface area contributed by atoms with Gasteiger partial charge in [0.15, 0.2) is 6.61 Å². The minimum atomic E-state index is -0.148. The molecule has 1 atom stereocenters. The van der Waals surface area contributed by atoms with Crippen LogP contribution in [0, 0.1) is 0 Å². The number of benzene rings is 2. The number of carbonyl (C=O) groups is 1. The Balaban J connectivity index is 1.67. The number of amides is 1. The number of hydrogen-bond acceptors (Lipinski definition) is 3. The third kappa shape index (κ3) is 3.66. The predicted octanol–water partition coefficient (Wildman–Crippen LogP) is 4.81. The van der Waals surface area contributed by atoms with E-state index in [4.69, 9.17) is 16.3 Å². The molecule has 0 spiro atoms. The maximum atomic E-state index is 12.1. The van der Waals surface area contributed by atoms with Crippen molar-refractivity contribution < 1.29 is 9.53 Å². The van der Waals surface area contributed by atoms with E-state index in [-0.39, 0.29) is 18.6 Å². The largest absolute Gasteiger partial charge is 0.483 e. The normalized spacial score (nSPS) is 12.1. The lowest BCUT2D eigenvalue weighted by Gasteiger charge is -2.14. The fourth-order valence-electron chi connectivity index (χ4n) is 2.40. The first kappa shape index (κ1) is 15.8. The number of rotatable bonds is 5. The lowest BCUT2D eigenvalue weighted by molar-refractivity contribution is -0.123. The molecule has 1 aromatic heterocycles. The Hall–Kier alpha value is -2.04. The van der Waals surface area contributed by atoms with Crippen molar-refractivity contribution in [3.63, 3.8) is 0 Å². The van der Waals surface area contributed by atoms with Crippen LogP contribution in [0.2, 0.25) is 5.02 Å². The molecule has 2 aromatic carbocycles. The molecule has 23 heavy (non-hydrogen) atoms. The third-order valence-corrected chi connectivity index (χ3v) is 4.92. The average molecular weight is 346 g/mol. The van der Waals surface area contributed by atoms with E-state index in [1.165, 1.54) is 0 Å². The minimum absolute atomic E-state index is 0.0203. The van der Waals surface area contributed by atoms with Gasteiger partial charge < -0.3 is 10.1 Å². The molecular formula is C18H16ClNO2S. The summed E-state index contributed by atoms with van der Waals surface area (Å²) in [6.07, 6.45) is 0. The summed E-state index contributed by atoms with van der Waals surface area (Å²) < 4.78 is 5.69. The first-order valence-corrected chi connectivity index (χ1v) is 8.53. The van der Waals surface area contributed by atoms with Crippen LogP contribution in [0.3, 0.4) is 0 Å². The van der Waals surface area contributed by atoms with Gasteiger partial charge in [-0.1, -0.05) is 41.9 Å². The van der Waals surface area contributed by atoms with Crippen molar-refractivity contribution in [1.82, 2.24) is 5.32 Å². The smallest absolute Gasteiger partial charge is 0.258 e. The van der Waals surface area contributed by atoms with Gasteiger partial charge in [-0.15, -0.1) is 11.3 Å². The summed E-state index contributed by atoms with van der Waals surface area (Å²) in [4.78, 5) is 13.2. The molecule has 0 aliphatic carbocycles. The summed E-state index contributed by atoms with van der Waals surface area (Å²) in [7, 11) is 0. The Kier molecular flexibility index (Phi) is 4.84. The Labute approximate surface area is 143 Å². The number of carbonyl (C=O) groups excluding carboxylic acids is 1. The number of halogens is 1. The van der Waals surface area contributed by atoms with Gasteiger partial charge in [0.25, 0.3) is 5.91 Å². The van der Waals surface area contributed by atoms with Crippen LogP contribution in [0.15, 0.2) is 53.9 Å². The summed E-state index contributed by atoms with van der Waals surface area (Å²) in [5.41, 5.74) is 0. The van der Waals surface area contributed by atoms with Crippen molar-refractivity contribution >= 4 is 39.6 Å². The zero-order chi connectivity index (χ0) is 16.2. The van der Waals surface area contributed by atoms with Gasteiger partial charge in [-0.3, -0.25) is 4.79 Å². The SMILES string of the molecule is CC(NC(=O)COc1ccc(Cl)c2ccccc12)c1cccs1. The molecule has 3 rings (SSSR count). The van der Waals surface area contributed by atoms with Crippen molar-refractivity contribution in [1.29, 1.82) is 0 Å². The van der Waals surface area contributed by atoms with Crippen LogP contribution in [0.25, 0.3) is 10.8 Å². The van der Waals surface area contributed by atoms with Crippen molar-refractivity contribution in [2.45, 2.75) is 13.0 Å². The number of hydrogen-bond donors (Lipinski definition) is 1. The maximum Gasteiger partial charge on any atom is 0.258 e. The van der Waals surface area contributed by atoms with E-state index in [1.54, 1.807) is 23.5 Å². The maximum absolute atomic E-state index is 12.1. The van der Waals surface area contributed by atoms with Crippen LogP contribution in [0.4, 0.5) is 0 Å². The highest BCUT2D eigenvalue weighted by molar-refractivity contribution is 7.10. The van der Waals surface area contributed by atoms with Gasteiger partial charge in [0, 0.05) is 20.7 Å². The topological polar surface area (TPSA) is 38.3 Å². The summed E-state index contributed by atoms with van der Waals surface area (Å²) in [5.74, 6) is 0.508. The Morgan fingerprint density at radius 2 is 1.96 bits per heavy atom. The fraction of sp³-hybridized carbons (Fsp3) is 0.167. The van der Waals surface area contributed by atoms with E-state index >= 15 is 0 Å². The van der Waals surface area contributed by atoms with Crippen molar-refractivity contribution in [3.8, 4) is 5.75 Å². The van der Waals surface area contributed by atoms with E-state index in [0.29, 0.717) is 10.8 Å². The highest BCUT2D eigenvalue weighted by Crippen LogP contribution is 2.31. The summed E-state index contributed by atoms with van der Waals surface area (Å²) >= 11 is 7.80. The van der Waals surface area contributed by atoms with E-state index < -0.39 is 0 Å². The van der Waals surface area contributed by atoms with E-state index in [0.717, 1.165) is 15.6 Å². The van der Waals surface area contributed by atoms with E-state index in [1.807, 2.05) is 48.7 Å². The van der Waals surface area contributed by atoms with Gasteiger partial charge >= 0.3 is 0 Å². The standard InChI is InChI=1S/C18H16ClNO2S/c1-12(17-7-4-10-23-17)20-18(21)11-22-16-9-8-15(19)13-5-2-3-6-14(13)16/h2-10,12H,11H2,1H3,(H,20,21). The van der Waals surface area contributed by atoms with Crippen LogP contribution < -0.4 is 10.1 Å². The first-order valence-electron chi connectivity index (χ1n) is 7.28. The number of nitrogens with one attached hydrogen (secondary N) is 1. The van der Waals surface area contributed by atoms with Gasteiger partial charge in [0.1, 0.15) is 5.75 Å². The highest BCUT2D eigenvalue weighted by atomic mass is 35.5. The molecule has 3 aromatic rings. The molecule has 0 fully saturated rings. The number of ether oxygens (including phenoxy) is 1. The molecule has 0 bridgehead atoms. The lowest BCUT2D eigenvalue weighted by atomic mass is 10.1. The second-order valence-electron chi connectivity index (χ2n) is 5.18. The van der Waals surface area contributed by atoms with Gasteiger partial charge in [-0.25, -0.2) is 0 Å². The van der Waals surface area contributed by atoms with Crippen LogP contribution in [0.1, 0.15) is 17.8 Å². The Bertz CT molecular complexity index is 817. The summed E-state index contributed by atoms with van der Waals surface area (Å²) in [6, 6.07) is 15.2. The molecule has 0 saturated carbocycles. The number of thiophene rings is 1. The van der Waals surface area contributed by atoms with Gasteiger partial charge in [-0.2, -0.15) is 0 Å². The molecule has 1 unspecified atom stereocenters. The summed E-state index contributed by atoms with van der Waals surface area (Å²) in [6.45, 7) is 1.93. The van der Waals surface area contributed by atoms with Crippen LogP contribution >= 0.6 is 22.9 Å². The van der Waals surface area contributed by atoms with Gasteiger partial charge in [-0.05, 0) is 30.5 Å². The second-order valence-corrected chi connectivity index (χ2v) is 6.57. The van der Waals surface area contributed by atoms with Crippen LogP contribution in [-0.4, -0.2) is 12.5 Å². The molecule has 0 aliphatic rings. The van der Waals surface area contributed by atoms with Gasteiger partial charge in [0.2, 0.25) is 0 Å². The molecule has 118 valence electrons. The minimum Gasteiger partial charge on any atom is -0.483 e. The van der Waals surface area contributed by atoms with Gasteiger partial charge in [0.05, 0.1) is 6.04 Å². The van der Waals surface area contributed by atoms with Crippen LogP contribution in [0.5, 0.6) is 5.75 Å². The fourth-order valence-corrected chi connectivity index (χ4v) is 3.36. The van der Waals surface area contributed by atoms with Crippen molar-refractivity contribution in [2.24, 2.45) is 0 Å². The molecule has 1 N–H and O–H groups in total. The van der Waals surface area contributed by atoms with E-state index in [2.05, 4.69) is 5.32 Å². The highest BCUT2D eigenvalue weighted by Gasteiger charge is 2.12. The monoisotopic (exact) mass is 345 g/mol. The molecule has 0 radical (unpaired) electrons. The average Bonchev–Trinajstić information content (AvgIpc) is 3.09. The molecule has 1 amide bonds. The lowest BCUT2D eigenvalue weighted by Crippen LogP contribution is -2.30. The first-order chi connectivity index (χ1) is 11.1. The molecule has 5 heteroatoms. The van der Waals surface area contributed by atoms with Crippen LogP contribution in [-0.2, 0) is 4.79 Å². The number of fused-ring (bicyclic) bond motifs is 1. The molecule has 0 aliphatic heterocycles. The van der Waals surface area contributed by atoms with Crippen molar-refractivity contribution in [2.75, 3.05) is 6.61 Å². The molecule has 1 heterocycles. The second kappa shape index (κ2) is 7.02. The Morgan fingerprint density at radius 3 is 2.70 bits per heavy atom. The molecule has 3 nitrogen and oxygen atoms in total.